The van der Waals surface area contributed by atoms with Crippen LogP contribution in [0.25, 0.3) is 0 Å². The zero-order valence-electron chi connectivity index (χ0n) is 7.85. The maximum absolute atomic E-state index is 3.56. The molecule has 66 valence electrons. The van der Waals surface area contributed by atoms with Crippen LogP contribution in [0.2, 0.25) is 0 Å². The van der Waals surface area contributed by atoms with E-state index in [1.807, 2.05) is 0 Å². The van der Waals surface area contributed by atoms with Crippen LogP contribution in [0.1, 0.15) is 27.2 Å². The van der Waals surface area contributed by atoms with Gasteiger partial charge in [0.1, 0.15) is 0 Å². The van der Waals surface area contributed by atoms with Crippen molar-refractivity contribution in [3.05, 3.63) is 0 Å². The second-order valence-electron chi connectivity index (χ2n) is 3.77. The summed E-state index contributed by atoms with van der Waals surface area (Å²) in [7, 11) is 0. The fourth-order valence-electron chi connectivity index (χ4n) is 1.49. The van der Waals surface area contributed by atoms with Gasteiger partial charge in [0.2, 0.25) is 0 Å². The number of hydrogen-bond acceptors (Lipinski definition) is 2. The summed E-state index contributed by atoms with van der Waals surface area (Å²) < 4.78 is 0. The van der Waals surface area contributed by atoms with Gasteiger partial charge in [-0.05, 0) is 12.3 Å². The van der Waals surface area contributed by atoms with Gasteiger partial charge in [0.05, 0.1) is 0 Å². The van der Waals surface area contributed by atoms with Crippen LogP contribution in [0.4, 0.5) is 0 Å². The molecule has 2 heteroatoms. The first kappa shape index (κ1) is 9.01. The van der Waals surface area contributed by atoms with Crippen LogP contribution in [0.5, 0.6) is 0 Å². The molecule has 1 rings (SSSR count). The molecule has 0 aromatic rings. The van der Waals surface area contributed by atoms with Crippen molar-refractivity contribution < 1.29 is 0 Å². The molecule has 1 heterocycles. The molecule has 0 spiro atoms. The van der Waals surface area contributed by atoms with Crippen LogP contribution >= 0.6 is 0 Å². The SMILES string of the molecule is CCC1CNC(C(C)C)CN1. The second kappa shape index (κ2) is 4.07. The summed E-state index contributed by atoms with van der Waals surface area (Å²) >= 11 is 0. The summed E-state index contributed by atoms with van der Waals surface area (Å²) in [6, 6.07) is 1.38. The highest BCUT2D eigenvalue weighted by Gasteiger charge is 2.20. The van der Waals surface area contributed by atoms with Gasteiger partial charge in [0.25, 0.3) is 0 Å². The summed E-state index contributed by atoms with van der Waals surface area (Å²) in [5, 5.41) is 7.09. The van der Waals surface area contributed by atoms with Gasteiger partial charge in [-0.25, -0.2) is 0 Å². The molecule has 0 radical (unpaired) electrons. The average molecular weight is 156 g/mol. The Bertz CT molecular complexity index is 104. The molecule has 0 aromatic carbocycles. The van der Waals surface area contributed by atoms with Gasteiger partial charge in [-0.15, -0.1) is 0 Å². The molecule has 2 N–H and O–H groups in total. The first-order valence-electron chi connectivity index (χ1n) is 4.70. The number of hydrogen-bond donors (Lipinski definition) is 2. The van der Waals surface area contributed by atoms with E-state index in [9.17, 15) is 0 Å². The Morgan fingerprint density at radius 2 is 2.00 bits per heavy atom. The van der Waals surface area contributed by atoms with E-state index in [2.05, 4.69) is 31.4 Å². The van der Waals surface area contributed by atoms with Gasteiger partial charge in [-0.2, -0.15) is 0 Å². The lowest BCUT2D eigenvalue weighted by Crippen LogP contribution is -2.55. The highest BCUT2D eigenvalue weighted by atomic mass is 15.1. The molecule has 1 aliphatic rings. The predicted molar refractivity (Wildman–Crippen MR) is 48.7 cm³/mol. The maximum atomic E-state index is 3.56. The molecular formula is C9H20N2. The van der Waals surface area contributed by atoms with E-state index in [4.69, 9.17) is 0 Å². The highest BCUT2D eigenvalue weighted by molar-refractivity contribution is 4.83. The topological polar surface area (TPSA) is 24.1 Å². The van der Waals surface area contributed by atoms with Crippen molar-refractivity contribution in [1.29, 1.82) is 0 Å². The lowest BCUT2D eigenvalue weighted by atomic mass is 10.0. The standard InChI is InChI=1S/C9H20N2/c1-4-8-5-11-9(6-10-8)7(2)3/h7-11H,4-6H2,1-3H3. The van der Waals surface area contributed by atoms with E-state index in [1.54, 1.807) is 0 Å². The fourth-order valence-corrected chi connectivity index (χ4v) is 1.49. The minimum absolute atomic E-state index is 0.679. The minimum Gasteiger partial charge on any atom is -0.311 e. The fraction of sp³-hybridized carbons (Fsp3) is 1.00. The quantitative estimate of drug-likeness (QED) is 0.623. The van der Waals surface area contributed by atoms with Crippen LogP contribution in [0, 0.1) is 5.92 Å². The lowest BCUT2D eigenvalue weighted by molar-refractivity contribution is 0.290. The Morgan fingerprint density at radius 1 is 1.27 bits per heavy atom. The zero-order chi connectivity index (χ0) is 8.27. The summed E-state index contributed by atoms with van der Waals surface area (Å²) in [5.41, 5.74) is 0. The second-order valence-corrected chi connectivity index (χ2v) is 3.77. The van der Waals surface area contributed by atoms with Gasteiger partial charge in [-0.3, -0.25) is 0 Å². The molecular weight excluding hydrogens is 136 g/mol. The molecule has 0 aromatic heterocycles. The summed E-state index contributed by atoms with van der Waals surface area (Å²) in [4.78, 5) is 0. The first-order valence-corrected chi connectivity index (χ1v) is 4.70. The van der Waals surface area contributed by atoms with Crippen LogP contribution in [0.3, 0.4) is 0 Å². The highest BCUT2D eigenvalue weighted by Crippen LogP contribution is 2.05. The molecule has 1 saturated heterocycles. The third-order valence-electron chi connectivity index (χ3n) is 2.55. The Labute approximate surface area is 69.8 Å². The maximum Gasteiger partial charge on any atom is 0.0216 e. The van der Waals surface area contributed by atoms with Crippen LogP contribution in [-0.2, 0) is 0 Å². The van der Waals surface area contributed by atoms with Crippen molar-refractivity contribution in [3.63, 3.8) is 0 Å². The normalized spacial score (nSPS) is 32.7. The number of nitrogens with one attached hydrogen (secondary N) is 2. The van der Waals surface area contributed by atoms with E-state index in [0.29, 0.717) is 12.1 Å². The predicted octanol–water partition coefficient (Wildman–Crippen LogP) is 0.982. The first-order chi connectivity index (χ1) is 5.24. The largest absolute Gasteiger partial charge is 0.311 e. The van der Waals surface area contributed by atoms with E-state index < -0.39 is 0 Å². The number of piperazine rings is 1. The average Bonchev–Trinajstić information content (AvgIpc) is 2.05. The Kier molecular flexibility index (Phi) is 3.34. The molecule has 11 heavy (non-hydrogen) atoms. The van der Waals surface area contributed by atoms with Crippen molar-refractivity contribution in [2.45, 2.75) is 39.3 Å². The Morgan fingerprint density at radius 3 is 2.36 bits per heavy atom. The molecule has 0 amide bonds. The molecule has 2 atom stereocenters. The lowest BCUT2D eigenvalue weighted by Gasteiger charge is -2.32. The van der Waals surface area contributed by atoms with Gasteiger partial charge < -0.3 is 10.6 Å². The third-order valence-corrected chi connectivity index (χ3v) is 2.55. The van der Waals surface area contributed by atoms with Crippen molar-refractivity contribution in [2.75, 3.05) is 13.1 Å². The molecule has 2 nitrogen and oxygen atoms in total. The smallest absolute Gasteiger partial charge is 0.0216 e. The molecule has 2 unspecified atom stereocenters. The molecule has 1 fully saturated rings. The van der Waals surface area contributed by atoms with Gasteiger partial charge in [-0.1, -0.05) is 20.8 Å². The molecule has 0 aliphatic carbocycles. The Hall–Kier alpha value is -0.0800. The van der Waals surface area contributed by atoms with Crippen molar-refractivity contribution in [2.24, 2.45) is 5.92 Å². The summed E-state index contributed by atoms with van der Waals surface area (Å²) in [5.74, 6) is 0.750. The van der Waals surface area contributed by atoms with Crippen LogP contribution in [-0.4, -0.2) is 25.2 Å². The monoisotopic (exact) mass is 156 g/mol. The van der Waals surface area contributed by atoms with Gasteiger partial charge >= 0.3 is 0 Å². The molecule has 1 aliphatic heterocycles. The molecule has 0 saturated carbocycles. The van der Waals surface area contributed by atoms with Crippen LogP contribution in [0.15, 0.2) is 0 Å². The Balaban J connectivity index is 2.24. The summed E-state index contributed by atoms with van der Waals surface area (Å²) in [6.45, 7) is 9.04. The van der Waals surface area contributed by atoms with E-state index in [-0.39, 0.29) is 0 Å². The van der Waals surface area contributed by atoms with E-state index >= 15 is 0 Å². The van der Waals surface area contributed by atoms with Crippen molar-refractivity contribution in [3.8, 4) is 0 Å². The molecule has 0 bridgehead atoms. The van der Waals surface area contributed by atoms with Gasteiger partial charge in [0, 0.05) is 25.2 Å². The van der Waals surface area contributed by atoms with E-state index in [0.717, 1.165) is 19.0 Å². The van der Waals surface area contributed by atoms with Crippen molar-refractivity contribution >= 4 is 0 Å². The zero-order valence-corrected chi connectivity index (χ0v) is 7.85. The van der Waals surface area contributed by atoms with E-state index in [1.165, 1.54) is 6.42 Å². The van der Waals surface area contributed by atoms with Crippen LogP contribution < -0.4 is 10.6 Å². The summed E-state index contributed by atoms with van der Waals surface area (Å²) in [6.07, 6.45) is 1.23. The van der Waals surface area contributed by atoms with Crippen molar-refractivity contribution in [1.82, 2.24) is 10.6 Å². The minimum atomic E-state index is 0.679. The number of rotatable bonds is 2. The third kappa shape index (κ3) is 2.46. The van der Waals surface area contributed by atoms with Gasteiger partial charge in [0.15, 0.2) is 0 Å².